The molecule has 7 nitrogen and oxygen atoms in total. The summed E-state index contributed by atoms with van der Waals surface area (Å²) >= 11 is 0. The van der Waals surface area contributed by atoms with Crippen LogP contribution in [0.4, 0.5) is 17.2 Å². The van der Waals surface area contributed by atoms with E-state index in [4.69, 9.17) is 0 Å². The normalized spacial score (nSPS) is 12.9. The van der Waals surface area contributed by atoms with E-state index in [0.717, 1.165) is 47.2 Å². The maximum atomic E-state index is 11.7. The monoisotopic (exact) mass is 446 g/mol. The predicted molar refractivity (Wildman–Crippen MR) is 138 cm³/mol. The second-order valence-electron chi connectivity index (χ2n) is 7.27. The van der Waals surface area contributed by atoms with Crippen molar-refractivity contribution in [3.8, 4) is 11.3 Å². The third-order valence-electron chi connectivity index (χ3n) is 5.33. The van der Waals surface area contributed by atoms with Gasteiger partial charge in [0.15, 0.2) is 5.65 Å². The molecule has 1 aliphatic rings. The summed E-state index contributed by atoms with van der Waals surface area (Å²) in [5.41, 5.74) is 4.22. The SMILES string of the molecule is CC.CC.O=c1cc(-c2ccc(Nc3ccc(N4CCCCC4)nc3)c3nccn23)cc[nH]1. The summed E-state index contributed by atoms with van der Waals surface area (Å²) in [6, 6.07) is 11.6. The molecule has 0 amide bonds. The molecule has 7 heteroatoms. The average Bonchev–Trinajstić information content (AvgIpc) is 3.38. The molecule has 5 heterocycles. The van der Waals surface area contributed by atoms with Crippen LogP contribution < -0.4 is 15.8 Å². The van der Waals surface area contributed by atoms with Crippen LogP contribution in [0.1, 0.15) is 47.0 Å². The van der Waals surface area contributed by atoms with E-state index in [1.54, 1.807) is 18.5 Å². The van der Waals surface area contributed by atoms with E-state index in [9.17, 15) is 4.79 Å². The van der Waals surface area contributed by atoms with Crippen LogP contribution in [0.5, 0.6) is 0 Å². The maximum Gasteiger partial charge on any atom is 0.248 e. The molecule has 0 spiro atoms. The van der Waals surface area contributed by atoms with Crippen LogP contribution in [-0.4, -0.2) is 32.4 Å². The van der Waals surface area contributed by atoms with Gasteiger partial charge in [-0.1, -0.05) is 27.7 Å². The number of fused-ring (bicyclic) bond motifs is 1. The van der Waals surface area contributed by atoms with Crippen LogP contribution in [0.15, 0.2) is 66.0 Å². The van der Waals surface area contributed by atoms with E-state index in [0.29, 0.717) is 0 Å². The second-order valence-corrected chi connectivity index (χ2v) is 7.27. The molecular weight excluding hydrogens is 412 g/mol. The van der Waals surface area contributed by atoms with Crippen molar-refractivity contribution in [2.75, 3.05) is 23.3 Å². The fraction of sp³-hybridized carbons (Fsp3) is 0.346. The van der Waals surface area contributed by atoms with Crippen LogP contribution >= 0.6 is 0 Å². The fourth-order valence-electron chi connectivity index (χ4n) is 3.88. The van der Waals surface area contributed by atoms with Crippen molar-refractivity contribution in [1.29, 1.82) is 0 Å². The summed E-state index contributed by atoms with van der Waals surface area (Å²) in [5, 5.41) is 3.42. The molecule has 0 radical (unpaired) electrons. The first-order valence-corrected chi connectivity index (χ1v) is 11.9. The average molecular weight is 447 g/mol. The summed E-state index contributed by atoms with van der Waals surface area (Å²) in [6.07, 6.45) is 11.0. The van der Waals surface area contributed by atoms with E-state index < -0.39 is 0 Å². The summed E-state index contributed by atoms with van der Waals surface area (Å²) in [7, 11) is 0. The molecule has 2 N–H and O–H groups in total. The molecule has 0 atom stereocenters. The predicted octanol–water partition coefficient (Wildman–Crippen LogP) is 5.87. The first-order chi connectivity index (χ1) is 16.3. The van der Waals surface area contributed by atoms with Gasteiger partial charge in [0.1, 0.15) is 5.82 Å². The zero-order chi connectivity index (χ0) is 23.6. The molecule has 0 unspecified atom stereocenters. The van der Waals surface area contributed by atoms with Gasteiger partial charge in [-0.25, -0.2) is 9.97 Å². The molecule has 1 aliphatic heterocycles. The smallest absolute Gasteiger partial charge is 0.248 e. The number of imidazole rings is 1. The molecule has 5 rings (SSSR count). The Morgan fingerprint density at radius 2 is 1.73 bits per heavy atom. The number of aromatic nitrogens is 4. The van der Waals surface area contributed by atoms with E-state index in [-0.39, 0.29) is 5.56 Å². The lowest BCUT2D eigenvalue weighted by Crippen LogP contribution is -2.29. The number of pyridine rings is 3. The highest BCUT2D eigenvalue weighted by Gasteiger charge is 2.13. The van der Waals surface area contributed by atoms with Gasteiger partial charge < -0.3 is 15.2 Å². The third-order valence-corrected chi connectivity index (χ3v) is 5.33. The molecule has 1 fully saturated rings. The third kappa shape index (κ3) is 5.61. The van der Waals surface area contributed by atoms with Gasteiger partial charge in [0.05, 0.1) is 23.3 Å². The van der Waals surface area contributed by atoms with Crippen molar-refractivity contribution in [3.63, 3.8) is 0 Å². The molecule has 0 bridgehead atoms. The molecular formula is C26H34N6O. The van der Waals surface area contributed by atoms with Crippen LogP contribution in [0.3, 0.4) is 0 Å². The zero-order valence-corrected chi connectivity index (χ0v) is 20.0. The van der Waals surface area contributed by atoms with Gasteiger partial charge in [0, 0.05) is 43.3 Å². The maximum absolute atomic E-state index is 11.7. The molecule has 1 saturated heterocycles. The fourth-order valence-corrected chi connectivity index (χ4v) is 3.88. The first kappa shape index (κ1) is 24.0. The number of H-pyrrole nitrogens is 1. The van der Waals surface area contributed by atoms with Crippen molar-refractivity contribution in [1.82, 2.24) is 19.4 Å². The number of piperidine rings is 1. The summed E-state index contributed by atoms with van der Waals surface area (Å²) in [5.74, 6) is 1.03. The van der Waals surface area contributed by atoms with Crippen molar-refractivity contribution in [2.45, 2.75) is 47.0 Å². The highest BCUT2D eigenvalue weighted by molar-refractivity contribution is 5.78. The second kappa shape index (κ2) is 11.9. The molecule has 0 aromatic carbocycles. The van der Waals surface area contributed by atoms with Crippen molar-refractivity contribution in [3.05, 3.63) is 71.5 Å². The van der Waals surface area contributed by atoms with E-state index in [1.807, 2.05) is 62.7 Å². The Hall–Kier alpha value is -3.61. The number of nitrogens with one attached hydrogen (secondary N) is 2. The number of aromatic amines is 1. The van der Waals surface area contributed by atoms with E-state index in [1.165, 1.54) is 19.3 Å². The van der Waals surface area contributed by atoms with Gasteiger partial charge >= 0.3 is 0 Å². The largest absolute Gasteiger partial charge is 0.357 e. The number of rotatable bonds is 4. The molecule has 0 saturated carbocycles. The van der Waals surface area contributed by atoms with Crippen molar-refractivity contribution >= 4 is 22.8 Å². The minimum Gasteiger partial charge on any atom is -0.357 e. The van der Waals surface area contributed by atoms with Gasteiger partial charge in [-0.05, 0) is 49.6 Å². The highest BCUT2D eigenvalue weighted by Crippen LogP contribution is 2.27. The number of hydrogen-bond donors (Lipinski definition) is 2. The van der Waals surface area contributed by atoms with Crippen LogP contribution in [-0.2, 0) is 0 Å². The van der Waals surface area contributed by atoms with Gasteiger partial charge in [-0.15, -0.1) is 0 Å². The Morgan fingerprint density at radius 1 is 0.939 bits per heavy atom. The van der Waals surface area contributed by atoms with Crippen molar-refractivity contribution < 1.29 is 0 Å². The molecule has 0 aliphatic carbocycles. The summed E-state index contributed by atoms with van der Waals surface area (Å²) in [6.45, 7) is 10.2. The van der Waals surface area contributed by atoms with Crippen LogP contribution in [0, 0.1) is 0 Å². The summed E-state index contributed by atoms with van der Waals surface area (Å²) < 4.78 is 1.98. The lowest BCUT2D eigenvalue weighted by molar-refractivity contribution is 0.573. The van der Waals surface area contributed by atoms with Gasteiger partial charge in [0.25, 0.3) is 0 Å². The molecule has 174 valence electrons. The van der Waals surface area contributed by atoms with Gasteiger partial charge in [-0.2, -0.15) is 0 Å². The number of hydrogen-bond acceptors (Lipinski definition) is 5. The minimum atomic E-state index is -0.127. The zero-order valence-electron chi connectivity index (χ0n) is 20.0. The van der Waals surface area contributed by atoms with Crippen LogP contribution in [0.2, 0.25) is 0 Å². The topological polar surface area (TPSA) is 78.3 Å². The molecule has 4 aromatic rings. The number of nitrogens with zero attached hydrogens (tertiary/aromatic N) is 4. The lowest BCUT2D eigenvalue weighted by Gasteiger charge is -2.27. The first-order valence-electron chi connectivity index (χ1n) is 11.9. The highest BCUT2D eigenvalue weighted by atomic mass is 16.1. The van der Waals surface area contributed by atoms with Gasteiger partial charge in [-0.3, -0.25) is 9.20 Å². The van der Waals surface area contributed by atoms with E-state index >= 15 is 0 Å². The number of anilines is 3. The molecule has 4 aromatic heterocycles. The summed E-state index contributed by atoms with van der Waals surface area (Å²) in [4.78, 5) is 25.8. The standard InChI is InChI=1S/C22H22N6O.2C2H6/c29-21-14-16(8-9-23-21)19-6-5-18(22-24-10-13-28(19)22)26-17-4-7-20(25-15-17)27-11-2-1-3-12-27;2*1-2/h4-10,13-15,26H,1-3,11-12H2,(H,23,29);2*1-2H3. The molecule has 33 heavy (non-hydrogen) atoms. The Labute approximate surface area is 195 Å². The Kier molecular flexibility index (Phi) is 8.63. The quantitative estimate of drug-likeness (QED) is 0.410. The minimum absolute atomic E-state index is 0.127. The van der Waals surface area contributed by atoms with Gasteiger partial charge in [0.2, 0.25) is 5.56 Å². The lowest BCUT2D eigenvalue weighted by atomic mass is 10.1. The van der Waals surface area contributed by atoms with Crippen molar-refractivity contribution in [2.24, 2.45) is 0 Å². The Morgan fingerprint density at radius 3 is 2.42 bits per heavy atom. The van der Waals surface area contributed by atoms with E-state index in [2.05, 4.69) is 37.3 Å². The Balaban J connectivity index is 0.000000728. The van der Waals surface area contributed by atoms with Crippen LogP contribution in [0.25, 0.3) is 16.9 Å². The Bertz CT molecular complexity index is 1190.